The third-order valence-electron chi connectivity index (χ3n) is 5.22. The van der Waals surface area contributed by atoms with Gasteiger partial charge in [-0.05, 0) is 50.7 Å². The van der Waals surface area contributed by atoms with Crippen LogP contribution in [0.1, 0.15) is 32.6 Å². The lowest BCUT2D eigenvalue weighted by molar-refractivity contribution is 0.426. The highest BCUT2D eigenvalue weighted by Crippen LogP contribution is 2.48. The highest BCUT2D eigenvalue weighted by Gasteiger charge is 2.41. The Bertz CT molecular complexity index is 621. The third kappa shape index (κ3) is 2.57. The standard InChI is InChI=1S/C20H24N2/c1-3-8-16-13-15-9-7-12-18(15)20(16)19(14-21)22(2)17-10-5-4-6-11-17/h3-6,8,10-11,16,19-20H,7,9,12-13H2,1-2H3/b8-3+/t16-,19-,20+/m0/s1. The zero-order valence-corrected chi connectivity index (χ0v) is 13.5. The van der Waals surface area contributed by atoms with Crippen molar-refractivity contribution in [3.63, 3.8) is 0 Å². The topological polar surface area (TPSA) is 27.0 Å². The maximum Gasteiger partial charge on any atom is 0.123 e. The fourth-order valence-electron chi connectivity index (χ4n) is 4.23. The monoisotopic (exact) mass is 292 g/mol. The van der Waals surface area contributed by atoms with Crippen LogP contribution in [0, 0.1) is 23.2 Å². The molecule has 0 radical (unpaired) electrons. The summed E-state index contributed by atoms with van der Waals surface area (Å²) in [6.07, 6.45) is 9.33. The van der Waals surface area contributed by atoms with E-state index in [4.69, 9.17) is 0 Å². The number of hydrogen-bond donors (Lipinski definition) is 0. The van der Waals surface area contributed by atoms with Crippen molar-refractivity contribution in [2.75, 3.05) is 11.9 Å². The van der Waals surface area contributed by atoms with Crippen molar-refractivity contribution in [2.24, 2.45) is 11.8 Å². The van der Waals surface area contributed by atoms with Gasteiger partial charge in [-0.2, -0.15) is 5.26 Å². The molecule has 0 saturated heterocycles. The molecule has 0 bridgehead atoms. The Morgan fingerprint density at radius 2 is 2.05 bits per heavy atom. The number of nitrogens with zero attached hydrogens (tertiary/aromatic N) is 2. The predicted octanol–water partition coefficient (Wildman–Crippen LogP) is 4.71. The van der Waals surface area contributed by atoms with Gasteiger partial charge in [-0.3, -0.25) is 0 Å². The first-order chi connectivity index (χ1) is 10.8. The molecule has 114 valence electrons. The molecule has 0 spiro atoms. The summed E-state index contributed by atoms with van der Waals surface area (Å²) in [5, 5.41) is 9.89. The van der Waals surface area contributed by atoms with Gasteiger partial charge in [0.15, 0.2) is 0 Å². The molecule has 0 saturated carbocycles. The highest BCUT2D eigenvalue weighted by molar-refractivity contribution is 5.49. The molecule has 0 fully saturated rings. The molecule has 1 aromatic rings. The van der Waals surface area contributed by atoms with Gasteiger partial charge in [0, 0.05) is 18.7 Å². The fraction of sp³-hybridized carbons (Fsp3) is 0.450. The van der Waals surface area contributed by atoms with Crippen molar-refractivity contribution in [3.05, 3.63) is 53.6 Å². The molecule has 22 heavy (non-hydrogen) atoms. The van der Waals surface area contributed by atoms with Gasteiger partial charge < -0.3 is 4.90 Å². The van der Waals surface area contributed by atoms with E-state index in [-0.39, 0.29) is 6.04 Å². The van der Waals surface area contributed by atoms with E-state index in [2.05, 4.69) is 49.2 Å². The number of allylic oxidation sites excluding steroid dienone is 3. The normalized spacial score (nSPS) is 25.3. The maximum absolute atomic E-state index is 9.89. The number of anilines is 1. The number of rotatable bonds is 4. The molecule has 0 aromatic heterocycles. The smallest absolute Gasteiger partial charge is 0.123 e. The minimum Gasteiger partial charge on any atom is -0.358 e. The average Bonchev–Trinajstić information content (AvgIpc) is 3.12. The van der Waals surface area contributed by atoms with Crippen molar-refractivity contribution >= 4 is 5.69 Å². The summed E-state index contributed by atoms with van der Waals surface area (Å²) in [5.41, 5.74) is 4.34. The molecule has 0 heterocycles. The summed E-state index contributed by atoms with van der Waals surface area (Å²) in [7, 11) is 2.06. The molecule has 1 aromatic carbocycles. The quantitative estimate of drug-likeness (QED) is 0.752. The molecule has 3 atom stereocenters. The van der Waals surface area contributed by atoms with Gasteiger partial charge in [0.25, 0.3) is 0 Å². The van der Waals surface area contributed by atoms with Crippen molar-refractivity contribution in [1.82, 2.24) is 0 Å². The first-order valence-electron chi connectivity index (χ1n) is 8.27. The molecular formula is C20H24N2. The lowest BCUT2D eigenvalue weighted by atomic mass is 9.82. The molecule has 0 aliphatic heterocycles. The first kappa shape index (κ1) is 14.9. The van der Waals surface area contributed by atoms with E-state index >= 15 is 0 Å². The van der Waals surface area contributed by atoms with Gasteiger partial charge >= 0.3 is 0 Å². The van der Waals surface area contributed by atoms with Crippen molar-refractivity contribution in [2.45, 2.75) is 38.6 Å². The van der Waals surface area contributed by atoms with E-state index in [0.717, 1.165) is 12.1 Å². The third-order valence-corrected chi connectivity index (χ3v) is 5.22. The predicted molar refractivity (Wildman–Crippen MR) is 91.5 cm³/mol. The summed E-state index contributed by atoms with van der Waals surface area (Å²) in [4.78, 5) is 2.16. The lowest BCUT2D eigenvalue weighted by Crippen LogP contribution is -2.39. The Kier molecular flexibility index (Phi) is 4.34. The summed E-state index contributed by atoms with van der Waals surface area (Å²) < 4.78 is 0. The Labute approximate surface area is 133 Å². The Morgan fingerprint density at radius 3 is 2.73 bits per heavy atom. The van der Waals surface area contributed by atoms with Crippen LogP contribution in [0.2, 0.25) is 0 Å². The van der Waals surface area contributed by atoms with Gasteiger partial charge in [-0.15, -0.1) is 0 Å². The summed E-state index contributed by atoms with van der Waals surface area (Å²) in [6.45, 7) is 2.09. The van der Waals surface area contributed by atoms with E-state index in [1.165, 1.54) is 19.3 Å². The SMILES string of the molecule is C/C=C/[C@H]1CC2=C(CCC2)[C@@H]1[C@H](C#N)N(C)c1ccccc1. The van der Waals surface area contributed by atoms with E-state index in [9.17, 15) is 5.26 Å². The molecule has 3 rings (SSSR count). The zero-order valence-electron chi connectivity index (χ0n) is 13.5. The number of benzene rings is 1. The largest absolute Gasteiger partial charge is 0.358 e. The average molecular weight is 292 g/mol. The zero-order chi connectivity index (χ0) is 15.5. The minimum atomic E-state index is -0.0887. The molecule has 0 N–H and O–H groups in total. The summed E-state index contributed by atoms with van der Waals surface area (Å²) in [5.74, 6) is 0.843. The van der Waals surface area contributed by atoms with Crippen molar-refractivity contribution in [3.8, 4) is 6.07 Å². The van der Waals surface area contributed by atoms with E-state index in [1.807, 2.05) is 18.2 Å². The Morgan fingerprint density at radius 1 is 1.27 bits per heavy atom. The number of para-hydroxylation sites is 1. The second kappa shape index (κ2) is 6.40. The van der Waals surface area contributed by atoms with Gasteiger partial charge in [0.2, 0.25) is 0 Å². The number of nitriles is 1. The fourth-order valence-corrected chi connectivity index (χ4v) is 4.23. The lowest BCUT2D eigenvalue weighted by Gasteiger charge is -2.33. The van der Waals surface area contributed by atoms with Crippen LogP contribution in [-0.2, 0) is 0 Å². The van der Waals surface area contributed by atoms with Crippen LogP contribution in [0.25, 0.3) is 0 Å². The molecule has 0 unspecified atom stereocenters. The van der Waals surface area contributed by atoms with Gasteiger partial charge in [0.05, 0.1) is 6.07 Å². The van der Waals surface area contributed by atoms with Crippen LogP contribution < -0.4 is 4.90 Å². The molecule has 2 aliphatic rings. The number of hydrogen-bond acceptors (Lipinski definition) is 2. The van der Waals surface area contributed by atoms with E-state index in [0.29, 0.717) is 11.8 Å². The minimum absolute atomic E-state index is 0.0887. The highest BCUT2D eigenvalue weighted by atomic mass is 15.1. The van der Waals surface area contributed by atoms with Gasteiger partial charge in [-0.1, -0.05) is 41.5 Å². The first-order valence-corrected chi connectivity index (χ1v) is 8.27. The van der Waals surface area contributed by atoms with Crippen molar-refractivity contribution < 1.29 is 0 Å². The maximum atomic E-state index is 9.89. The van der Waals surface area contributed by atoms with Crippen LogP contribution in [0.5, 0.6) is 0 Å². The molecule has 0 amide bonds. The Hall–Kier alpha value is -2.01. The van der Waals surface area contributed by atoms with E-state index < -0.39 is 0 Å². The Balaban J connectivity index is 1.92. The molecule has 2 aliphatic carbocycles. The molecular weight excluding hydrogens is 268 g/mol. The van der Waals surface area contributed by atoms with Crippen LogP contribution in [0.15, 0.2) is 53.6 Å². The van der Waals surface area contributed by atoms with Crippen LogP contribution in [0.4, 0.5) is 5.69 Å². The van der Waals surface area contributed by atoms with Crippen LogP contribution >= 0.6 is 0 Å². The van der Waals surface area contributed by atoms with Crippen LogP contribution in [0.3, 0.4) is 0 Å². The molecule has 2 heteroatoms. The second-order valence-electron chi connectivity index (χ2n) is 6.42. The van der Waals surface area contributed by atoms with Crippen molar-refractivity contribution in [1.29, 1.82) is 5.26 Å². The van der Waals surface area contributed by atoms with Gasteiger partial charge in [-0.25, -0.2) is 0 Å². The summed E-state index contributed by atoms with van der Waals surface area (Å²) in [6, 6.07) is 12.8. The second-order valence-corrected chi connectivity index (χ2v) is 6.42. The summed E-state index contributed by atoms with van der Waals surface area (Å²) >= 11 is 0. The van der Waals surface area contributed by atoms with Gasteiger partial charge in [0.1, 0.15) is 6.04 Å². The van der Waals surface area contributed by atoms with Crippen LogP contribution in [-0.4, -0.2) is 13.1 Å². The van der Waals surface area contributed by atoms with E-state index in [1.54, 1.807) is 11.1 Å². The molecule has 2 nitrogen and oxygen atoms in total.